The first-order valence-electron chi connectivity index (χ1n) is 13.4. The lowest BCUT2D eigenvalue weighted by molar-refractivity contribution is -0.123. The van der Waals surface area contributed by atoms with E-state index in [2.05, 4.69) is 34.1 Å². The molecule has 2 aromatic heterocycles. The van der Waals surface area contributed by atoms with Crippen LogP contribution in [-0.2, 0) is 16.1 Å². The number of pyridine rings is 1. The number of nitrogens with zero attached hydrogens (tertiary/aromatic N) is 5. The van der Waals surface area contributed by atoms with Crippen molar-refractivity contribution >= 4 is 51.7 Å². The van der Waals surface area contributed by atoms with Gasteiger partial charge in [-0.05, 0) is 43.0 Å². The minimum Gasteiger partial charge on any atom is -0.376 e. The van der Waals surface area contributed by atoms with Crippen molar-refractivity contribution in [3.05, 3.63) is 80.6 Å². The van der Waals surface area contributed by atoms with Crippen molar-refractivity contribution in [2.24, 2.45) is 0 Å². The predicted molar refractivity (Wildman–Crippen MR) is 159 cm³/mol. The molecule has 0 N–H and O–H groups in total. The van der Waals surface area contributed by atoms with Gasteiger partial charge in [0, 0.05) is 45.5 Å². The maximum Gasteiger partial charge on any atom is 0.267 e. The Balaban J connectivity index is 1.31. The van der Waals surface area contributed by atoms with Crippen LogP contribution in [0.3, 0.4) is 0 Å². The molecule has 39 heavy (non-hydrogen) atoms. The second kappa shape index (κ2) is 11.2. The summed E-state index contributed by atoms with van der Waals surface area (Å²) in [7, 11) is 0. The van der Waals surface area contributed by atoms with Crippen LogP contribution in [0.15, 0.2) is 58.4 Å². The molecule has 0 spiro atoms. The summed E-state index contributed by atoms with van der Waals surface area (Å²) >= 11 is 6.80. The number of ether oxygens (including phenoxy) is 1. The lowest BCUT2D eigenvalue weighted by Crippen LogP contribution is -2.47. The first-order valence-corrected chi connectivity index (χ1v) is 14.6. The summed E-state index contributed by atoms with van der Waals surface area (Å²) in [5.74, 6) is 0.450. The number of piperazine rings is 1. The molecule has 10 heteroatoms. The highest BCUT2D eigenvalue weighted by Crippen LogP contribution is 2.34. The van der Waals surface area contributed by atoms with E-state index in [0.29, 0.717) is 32.8 Å². The van der Waals surface area contributed by atoms with Gasteiger partial charge in [0.1, 0.15) is 15.8 Å². The number of thioether (sulfide) groups is 1. The third-order valence-electron chi connectivity index (χ3n) is 7.54. The van der Waals surface area contributed by atoms with Crippen LogP contribution in [0.1, 0.15) is 29.5 Å². The number of amides is 1. The number of hydrogen-bond donors (Lipinski definition) is 0. The van der Waals surface area contributed by atoms with Gasteiger partial charge in [-0.3, -0.25) is 23.8 Å². The van der Waals surface area contributed by atoms with Gasteiger partial charge in [-0.2, -0.15) is 0 Å². The molecule has 3 saturated heterocycles. The minimum absolute atomic E-state index is 0.00512. The molecule has 0 bridgehead atoms. The lowest BCUT2D eigenvalue weighted by atomic mass is 10.1. The Morgan fingerprint density at radius 2 is 1.90 bits per heavy atom. The second-order valence-corrected chi connectivity index (χ2v) is 11.9. The Kier molecular flexibility index (Phi) is 7.53. The Bertz CT molecular complexity index is 1490. The molecule has 8 nitrogen and oxygen atoms in total. The van der Waals surface area contributed by atoms with E-state index < -0.39 is 0 Å². The van der Waals surface area contributed by atoms with Crippen LogP contribution in [0.2, 0.25) is 0 Å². The lowest BCUT2D eigenvalue weighted by Gasteiger charge is -2.36. The first-order chi connectivity index (χ1) is 19.0. The van der Waals surface area contributed by atoms with Crippen molar-refractivity contribution in [2.45, 2.75) is 32.4 Å². The van der Waals surface area contributed by atoms with Crippen molar-refractivity contribution in [3.8, 4) is 0 Å². The van der Waals surface area contributed by atoms with Gasteiger partial charge in [0.15, 0.2) is 0 Å². The Morgan fingerprint density at radius 1 is 1.10 bits per heavy atom. The van der Waals surface area contributed by atoms with E-state index >= 15 is 0 Å². The number of carbonyl (C=O) groups is 1. The third-order valence-corrected chi connectivity index (χ3v) is 8.92. The maximum atomic E-state index is 13.8. The number of fused-ring (bicyclic) bond motifs is 1. The minimum atomic E-state index is -0.185. The molecular weight excluding hydrogens is 530 g/mol. The number of anilines is 1. The molecule has 1 aromatic carbocycles. The zero-order chi connectivity index (χ0) is 26.9. The highest BCUT2D eigenvalue weighted by molar-refractivity contribution is 8.26. The molecule has 1 amide bonds. The van der Waals surface area contributed by atoms with Gasteiger partial charge in [-0.25, -0.2) is 4.98 Å². The van der Waals surface area contributed by atoms with Gasteiger partial charge in [0.2, 0.25) is 0 Å². The maximum absolute atomic E-state index is 13.8. The number of aryl methyl sites for hydroxylation is 1. The molecule has 5 heterocycles. The largest absolute Gasteiger partial charge is 0.376 e. The van der Waals surface area contributed by atoms with E-state index in [0.717, 1.165) is 57.7 Å². The smallest absolute Gasteiger partial charge is 0.267 e. The molecule has 202 valence electrons. The summed E-state index contributed by atoms with van der Waals surface area (Å²) in [4.78, 5) is 38.9. The van der Waals surface area contributed by atoms with Crippen LogP contribution in [0.25, 0.3) is 11.7 Å². The number of hydrogen-bond acceptors (Lipinski definition) is 8. The number of rotatable bonds is 6. The predicted octanol–water partition coefficient (Wildman–Crippen LogP) is 3.71. The molecule has 3 fully saturated rings. The zero-order valence-corrected chi connectivity index (χ0v) is 23.5. The third kappa shape index (κ3) is 5.38. The van der Waals surface area contributed by atoms with Gasteiger partial charge in [0.25, 0.3) is 11.5 Å². The van der Waals surface area contributed by atoms with Gasteiger partial charge >= 0.3 is 0 Å². The molecule has 1 atom stereocenters. The topological polar surface area (TPSA) is 70.4 Å². The number of thiocarbonyl (C=S) groups is 1. The summed E-state index contributed by atoms with van der Waals surface area (Å²) in [6.45, 7) is 7.20. The van der Waals surface area contributed by atoms with E-state index in [-0.39, 0.29) is 17.6 Å². The Morgan fingerprint density at radius 3 is 2.64 bits per heavy atom. The molecule has 3 aliphatic rings. The Hall–Kier alpha value is -3.05. The monoisotopic (exact) mass is 561 g/mol. The second-order valence-electron chi connectivity index (χ2n) is 10.2. The van der Waals surface area contributed by atoms with E-state index in [4.69, 9.17) is 21.9 Å². The van der Waals surface area contributed by atoms with Gasteiger partial charge < -0.3 is 9.64 Å². The molecule has 0 unspecified atom stereocenters. The van der Waals surface area contributed by atoms with Crippen LogP contribution < -0.4 is 10.5 Å². The van der Waals surface area contributed by atoms with Crippen LogP contribution in [0.5, 0.6) is 0 Å². The van der Waals surface area contributed by atoms with Gasteiger partial charge in [-0.1, -0.05) is 60.4 Å². The van der Waals surface area contributed by atoms with Gasteiger partial charge in [-0.15, -0.1) is 0 Å². The molecule has 3 aromatic rings. The van der Waals surface area contributed by atoms with Crippen molar-refractivity contribution < 1.29 is 9.53 Å². The summed E-state index contributed by atoms with van der Waals surface area (Å²) in [5, 5.41) is 0. The molecule has 0 aliphatic carbocycles. The van der Waals surface area contributed by atoms with Crippen LogP contribution in [-0.4, -0.2) is 74.8 Å². The van der Waals surface area contributed by atoms with E-state index in [1.165, 1.54) is 17.3 Å². The fourth-order valence-corrected chi connectivity index (χ4v) is 6.66. The fourth-order valence-electron chi connectivity index (χ4n) is 5.41. The van der Waals surface area contributed by atoms with E-state index in [1.807, 2.05) is 25.1 Å². The number of benzene rings is 1. The fraction of sp³-hybridized carbons (Fsp3) is 0.379. The summed E-state index contributed by atoms with van der Waals surface area (Å²) in [5.41, 5.74) is 3.08. The van der Waals surface area contributed by atoms with E-state index in [1.54, 1.807) is 21.6 Å². The normalized spacial score (nSPS) is 21.6. The quantitative estimate of drug-likeness (QED) is 0.333. The van der Waals surface area contributed by atoms with Gasteiger partial charge in [0.05, 0.1) is 23.1 Å². The zero-order valence-electron chi connectivity index (χ0n) is 21.9. The average Bonchev–Trinajstić information content (AvgIpc) is 3.56. The Labute approximate surface area is 237 Å². The molecule has 0 saturated carbocycles. The van der Waals surface area contributed by atoms with Crippen LogP contribution in [0.4, 0.5) is 5.82 Å². The number of aromatic nitrogens is 2. The number of carbonyl (C=O) groups excluding carboxylic acids is 1. The molecule has 6 rings (SSSR count). The van der Waals surface area contributed by atoms with Crippen molar-refractivity contribution in [2.75, 3.05) is 44.2 Å². The molecule has 3 aliphatic heterocycles. The van der Waals surface area contributed by atoms with Crippen LogP contribution in [0, 0.1) is 6.92 Å². The van der Waals surface area contributed by atoms with Crippen molar-refractivity contribution in [1.82, 2.24) is 19.2 Å². The molecular formula is C29H31N5O3S2. The summed E-state index contributed by atoms with van der Waals surface area (Å²) in [6, 6.07) is 14.3. The van der Waals surface area contributed by atoms with E-state index in [9.17, 15) is 9.59 Å². The highest BCUT2D eigenvalue weighted by Gasteiger charge is 2.35. The molecule has 0 radical (unpaired) electrons. The summed E-state index contributed by atoms with van der Waals surface area (Å²) in [6.07, 6.45) is 5.36. The van der Waals surface area contributed by atoms with Crippen molar-refractivity contribution in [1.29, 1.82) is 0 Å². The SMILES string of the molecule is Cc1cccn2c(=O)c(/C=C3\SC(=S)N(C[C@@H]4CCCO4)C3=O)c(N3CCN(Cc4ccccc4)CC3)nc12. The van der Waals surface area contributed by atoms with Crippen molar-refractivity contribution in [3.63, 3.8) is 0 Å². The first kappa shape index (κ1) is 26.2. The van der Waals surface area contributed by atoms with Crippen LogP contribution >= 0.6 is 24.0 Å². The highest BCUT2D eigenvalue weighted by atomic mass is 32.2. The summed E-state index contributed by atoms with van der Waals surface area (Å²) < 4.78 is 7.81. The average molecular weight is 562 g/mol. The standard InChI is InChI=1S/C29H31N5O3S2/c1-20-7-5-11-33-25(20)30-26(32-14-12-31(13-15-32)18-21-8-3-2-4-9-21)23(27(33)35)17-24-28(36)34(29(38)39-24)19-22-10-6-16-37-22/h2-5,7-9,11,17,22H,6,10,12-16,18-19H2,1H3/b24-17-/t22-/m0/s1.